The van der Waals surface area contributed by atoms with Crippen molar-refractivity contribution in [3.63, 3.8) is 0 Å². The van der Waals surface area contributed by atoms with E-state index in [1.54, 1.807) is 7.11 Å². The third kappa shape index (κ3) is 10.2. The van der Waals surface area contributed by atoms with E-state index < -0.39 is 5.79 Å². The van der Waals surface area contributed by atoms with E-state index in [0.29, 0.717) is 26.4 Å². The van der Waals surface area contributed by atoms with Crippen molar-refractivity contribution in [1.29, 1.82) is 0 Å². The Hall–Kier alpha value is -2.74. The van der Waals surface area contributed by atoms with Crippen LogP contribution in [0, 0.1) is 0 Å². The van der Waals surface area contributed by atoms with Crippen LogP contribution in [0.1, 0.15) is 74.5 Å². The van der Waals surface area contributed by atoms with E-state index in [4.69, 9.17) is 28.4 Å². The van der Waals surface area contributed by atoms with E-state index in [2.05, 4.69) is 48.5 Å². The van der Waals surface area contributed by atoms with Crippen LogP contribution in [0.3, 0.4) is 0 Å². The first kappa shape index (κ1) is 31.7. The highest BCUT2D eigenvalue weighted by molar-refractivity contribution is 5.26. The third-order valence-electron chi connectivity index (χ3n) is 8.43. The molecule has 2 aliphatic heterocycles. The predicted octanol–water partition coefficient (Wildman–Crippen LogP) is 8.02. The lowest BCUT2D eigenvalue weighted by atomic mass is 9.94. The number of unbranched alkanes of at least 4 members (excludes halogenated alkanes) is 5. The van der Waals surface area contributed by atoms with Crippen LogP contribution in [0.5, 0.6) is 5.75 Å². The third-order valence-corrected chi connectivity index (χ3v) is 8.43. The lowest BCUT2D eigenvalue weighted by Gasteiger charge is -2.36. The van der Waals surface area contributed by atoms with Crippen LogP contribution in [0.15, 0.2) is 84.9 Å². The number of hydrogen-bond donors (Lipinski definition) is 0. The molecule has 0 aromatic heterocycles. The van der Waals surface area contributed by atoms with Gasteiger partial charge in [-0.2, -0.15) is 0 Å². The Kier molecular flexibility index (Phi) is 12.5. The van der Waals surface area contributed by atoms with Crippen molar-refractivity contribution in [1.82, 2.24) is 0 Å². The molecule has 232 valence electrons. The molecule has 2 saturated heterocycles. The first-order valence-electron chi connectivity index (χ1n) is 16.0. The molecule has 43 heavy (non-hydrogen) atoms. The van der Waals surface area contributed by atoms with Crippen LogP contribution in [0.4, 0.5) is 0 Å². The highest BCUT2D eigenvalue weighted by Gasteiger charge is 2.53. The summed E-state index contributed by atoms with van der Waals surface area (Å²) in [6.07, 6.45) is 9.51. The van der Waals surface area contributed by atoms with E-state index in [9.17, 15) is 0 Å². The van der Waals surface area contributed by atoms with Gasteiger partial charge in [0.05, 0.1) is 45.7 Å². The van der Waals surface area contributed by atoms with Crippen molar-refractivity contribution in [3.8, 4) is 5.75 Å². The molecule has 3 aromatic rings. The second-order valence-corrected chi connectivity index (χ2v) is 11.9. The summed E-state index contributed by atoms with van der Waals surface area (Å²) in [5.74, 6) is 0.273. The molecule has 3 unspecified atom stereocenters. The van der Waals surface area contributed by atoms with Crippen LogP contribution in [0.25, 0.3) is 0 Å². The minimum atomic E-state index is -0.584. The van der Waals surface area contributed by atoms with Crippen molar-refractivity contribution < 1.29 is 28.4 Å². The van der Waals surface area contributed by atoms with Crippen molar-refractivity contribution in [2.75, 3.05) is 20.3 Å². The van der Waals surface area contributed by atoms with Gasteiger partial charge >= 0.3 is 0 Å². The monoisotopic (exact) mass is 588 g/mol. The SMILES string of the molecule is COc1ccc(COC2CC3OC(CCCCCCCCOCc4ccccc4)(C2)O[C@@H]3COCc2ccccc2)cc1. The Morgan fingerprint density at radius 3 is 2.00 bits per heavy atom. The summed E-state index contributed by atoms with van der Waals surface area (Å²) in [6, 6.07) is 28.8. The first-order chi connectivity index (χ1) is 21.2. The largest absolute Gasteiger partial charge is 0.497 e. The lowest BCUT2D eigenvalue weighted by molar-refractivity contribution is -0.226. The van der Waals surface area contributed by atoms with E-state index >= 15 is 0 Å². The van der Waals surface area contributed by atoms with Gasteiger partial charge < -0.3 is 28.4 Å². The average molecular weight is 589 g/mol. The maximum atomic E-state index is 6.67. The van der Waals surface area contributed by atoms with Crippen LogP contribution in [0.2, 0.25) is 0 Å². The van der Waals surface area contributed by atoms with Crippen LogP contribution < -0.4 is 4.74 Å². The zero-order valence-electron chi connectivity index (χ0n) is 25.7. The van der Waals surface area contributed by atoms with Crippen molar-refractivity contribution in [2.24, 2.45) is 0 Å². The first-order valence-corrected chi connectivity index (χ1v) is 16.0. The topological polar surface area (TPSA) is 55.4 Å². The molecule has 6 nitrogen and oxygen atoms in total. The number of fused-ring (bicyclic) bond motifs is 2. The normalized spacial score (nSPS) is 23.0. The molecule has 5 rings (SSSR count). The van der Waals surface area contributed by atoms with Gasteiger partial charge in [0.1, 0.15) is 11.9 Å². The van der Waals surface area contributed by atoms with Gasteiger partial charge in [-0.05, 0) is 41.7 Å². The fourth-order valence-corrected chi connectivity index (χ4v) is 6.08. The minimum Gasteiger partial charge on any atom is -0.497 e. The summed E-state index contributed by atoms with van der Waals surface area (Å²) in [4.78, 5) is 0. The molecule has 2 bridgehead atoms. The number of ether oxygens (including phenoxy) is 6. The lowest BCUT2D eigenvalue weighted by Crippen LogP contribution is -2.41. The highest BCUT2D eigenvalue weighted by Crippen LogP contribution is 2.44. The molecule has 6 heteroatoms. The molecule has 2 fully saturated rings. The van der Waals surface area contributed by atoms with Gasteiger partial charge in [0, 0.05) is 25.9 Å². The molecule has 0 spiro atoms. The Balaban J connectivity index is 1.04. The zero-order chi connectivity index (χ0) is 29.6. The molecule has 3 aromatic carbocycles. The molecular weight excluding hydrogens is 540 g/mol. The van der Waals surface area contributed by atoms with Crippen molar-refractivity contribution >= 4 is 0 Å². The van der Waals surface area contributed by atoms with E-state index in [0.717, 1.165) is 50.0 Å². The van der Waals surface area contributed by atoms with Crippen LogP contribution in [-0.4, -0.2) is 44.4 Å². The van der Waals surface area contributed by atoms with Crippen LogP contribution in [-0.2, 0) is 43.5 Å². The Labute approximate surface area is 257 Å². The second kappa shape index (κ2) is 16.9. The number of hydrogen-bond acceptors (Lipinski definition) is 6. The van der Waals surface area contributed by atoms with Crippen LogP contribution >= 0.6 is 0 Å². The smallest absolute Gasteiger partial charge is 0.171 e. The number of benzene rings is 3. The fraction of sp³-hybridized carbons (Fsp3) is 0.514. The van der Waals surface area contributed by atoms with Crippen molar-refractivity contribution in [3.05, 3.63) is 102 Å². The molecule has 0 radical (unpaired) electrons. The Bertz CT molecular complexity index is 1170. The summed E-state index contributed by atoms with van der Waals surface area (Å²) in [5.41, 5.74) is 3.55. The molecule has 2 heterocycles. The molecule has 0 amide bonds. The van der Waals surface area contributed by atoms with E-state index in [-0.39, 0.29) is 18.3 Å². The van der Waals surface area contributed by atoms with Gasteiger partial charge in [-0.1, -0.05) is 98.5 Å². The molecule has 2 aliphatic rings. The van der Waals surface area contributed by atoms with Gasteiger partial charge in [0.25, 0.3) is 0 Å². The van der Waals surface area contributed by atoms with E-state index in [1.807, 2.05) is 36.4 Å². The summed E-state index contributed by atoms with van der Waals surface area (Å²) < 4.78 is 36.9. The molecule has 0 N–H and O–H groups in total. The fourth-order valence-electron chi connectivity index (χ4n) is 6.08. The summed E-state index contributed by atoms with van der Waals surface area (Å²) in [6.45, 7) is 3.20. The van der Waals surface area contributed by atoms with Gasteiger partial charge in [-0.15, -0.1) is 0 Å². The Morgan fingerprint density at radius 1 is 0.674 bits per heavy atom. The summed E-state index contributed by atoms with van der Waals surface area (Å²) >= 11 is 0. The number of rotatable bonds is 19. The van der Waals surface area contributed by atoms with Gasteiger partial charge in [0.15, 0.2) is 5.79 Å². The summed E-state index contributed by atoms with van der Waals surface area (Å²) in [5, 5.41) is 0. The Morgan fingerprint density at radius 2 is 1.30 bits per heavy atom. The quantitative estimate of drug-likeness (QED) is 0.132. The predicted molar refractivity (Wildman–Crippen MR) is 168 cm³/mol. The van der Waals surface area contributed by atoms with Gasteiger partial charge in [0.2, 0.25) is 0 Å². The zero-order valence-corrected chi connectivity index (χ0v) is 25.7. The standard InChI is InChI=1S/C37H48O6/c1-38-33-20-18-32(19-21-33)28-41-34-24-35-36(29-40-27-31-16-10-7-11-17-31)43-37(25-34,42-35)22-12-4-2-3-5-13-23-39-26-30-14-8-6-9-15-30/h6-11,14-21,34-36H,2-5,12-13,22-29H2,1H3/t34?,35?,36-,37?/m1/s1. The highest BCUT2D eigenvalue weighted by atomic mass is 16.8. The second-order valence-electron chi connectivity index (χ2n) is 11.9. The van der Waals surface area contributed by atoms with Crippen molar-refractivity contribution in [2.45, 2.75) is 102 Å². The van der Waals surface area contributed by atoms with E-state index in [1.165, 1.54) is 36.8 Å². The average Bonchev–Trinajstić information content (AvgIpc) is 3.30. The molecule has 0 saturated carbocycles. The molecule has 0 aliphatic carbocycles. The number of methoxy groups -OCH3 is 1. The van der Waals surface area contributed by atoms with Gasteiger partial charge in [-0.3, -0.25) is 0 Å². The molecule has 4 atom stereocenters. The minimum absolute atomic E-state index is 0.0127. The maximum absolute atomic E-state index is 6.67. The maximum Gasteiger partial charge on any atom is 0.171 e. The van der Waals surface area contributed by atoms with Gasteiger partial charge in [-0.25, -0.2) is 0 Å². The molecular formula is C37H48O6. The summed E-state index contributed by atoms with van der Waals surface area (Å²) in [7, 11) is 1.69.